The van der Waals surface area contributed by atoms with Gasteiger partial charge in [-0.2, -0.15) is 13.2 Å². The quantitative estimate of drug-likeness (QED) is 0.167. The highest BCUT2D eigenvalue weighted by molar-refractivity contribution is 6.12. The number of hydrogen-bond acceptors (Lipinski definition) is 4. The van der Waals surface area contributed by atoms with Crippen molar-refractivity contribution >= 4 is 17.5 Å². The van der Waals surface area contributed by atoms with Crippen molar-refractivity contribution in [2.24, 2.45) is 0 Å². The summed E-state index contributed by atoms with van der Waals surface area (Å²) < 4.78 is 49.8. The number of halogens is 3. The van der Waals surface area contributed by atoms with Gasteiger partial charge in [0.1, 0.15) is 5.92 Å². The molecular weight excluding hydrogens is 569 g/mol. The lowest BCUT2D eigenvalue weighted by atomic mass is 9.95. The van der Waals surface area contributed by atoms with E-state index >= 15 is 0 Å². The van der Waals surface area contributed by atoms with Gasteiger partial charge in [-0.25, -0.2) is 0 Å². The Morgan fingerprint density at radius 3 is 1.86 bits per heavy atom. The van der Waals surface area contributed by atoms with E-state index in [1.807, 2.05) is 36.4 Å². The SMILES string of the molecule is COc1ccc(N(CCc2ccccc2)C(=O)C(C(=O)N(C)CCc2ccc(C(F)(F)F)cc2)c2ccccc2)cc1OC. The maximum atomic E-state index is 14.5. The second kappa shape index (κ2) is 14.6. The predicted molar refractivity (Wildman–Crippen MR) is 164 cm³/mol. The van der Waals surface area contributed by atoms with Gasteiger partial charge in [-0.1, -0.05) is 72.8 Å². The van der Waals surface area contributed by atoms with Gasteiger partial charge in [0.25, 0.3) is 0 Å². The smallest absolute Gasteiger partial charge is 0.416 e. The minimum atomic E-state index is -4.42. The summed E-state index contributed by atoms with van der Waals surface area (Å²) in [6.07, 6.45) is -3.56. The number of methoxy groups -OCH3 is 2. The fourth-order valence-corrected chi connectivity index (χ4v) is 4.92. The van der Waals surface area contributed by atoms with Crippen molar-refractivity contribution in [1.82, 2.24) is 4.90 Å². The van der Waals surface area contributed by atoms with Crippen LogP contribution in [0.25, 0.3) is 0 Å². The number of alkyl halides is 3. The van der Waals surface area contributed by atoms with Gasteiger partial charge < -0.3 is 19.3 Å². The van der Waals surface area contributed by atoms with E-state index in [2.05, 4.69) is 0 Å². The summed E-state index contributed by atoms with van der Waals surface area (Å²) in [5.74, 6) is -1.04. The molecule has 1 unspecified atom stereocenters. The predicted octanol–water partition coefficient (Wildman–Crippen LogP) is 6.78. The average molecular weight is 605 g/mol. The first-order chi connectivity index (χ1) is 21.1. The summed E-state index contributed by atoms with van der Waals surface area (Å²) in [5, 5.41) is 0. The lowest BCUT2D eigenvalue weighted by Gasteiger charge is -2.30. The average Bonchev–Trinajstić information content (AvgIpc) is 3.04. The fourth-order valence-electron chi connectivity index (χ4n) is 4.92. The Bertz CT molecular complexity index is 1530. The van der Waals surface area contributed by atoms with E-state index in [4.69, 9.17) is 9.47 Å². The number of carbonyl (C=O) groups excluding carboxylic acids is 2. The molecule has 1 atom stereocenters. The Labute approximate surface area is 255 Å². The fraction of sp³-hybridized carbons (Fsp3) is 0.257. The molecule has 0 radical (unpaired) electrons. The van der Waals surface area contributed by atoms with Gasteiger partial charge in [0.15, 0.2) is 11.5 Å². The van der Waals surface area contributed by atoms with Gasteiger partial charge in [-0.15, -0.1) is 0 Å². The van der Waals surface area contributed by atoms with Gasteiger partial charge in [0, 0.05) is 31.9 Å². The van der Waals surface area contributed by atoms with Crippen molar-refractivity contribution in [3.8, 4) is 11.5 Å². The van der Waals surface area contributed by atoms with Crippen molar-refractivity contribution in [3.05, 3.63) is 125 Å². The number of rotatable bonds is 12. The highest BCUT2D eigenvalue weighted by atomic mass is 19.4. The molecule has 0 aliphatic rings. The van der Waals surface area contributed by atoms with Gasteiger partial charge in [-0.05, 0) is 53.8 Å². The summed E-state index contributed by atoms with van der Waals surface area (Å²) >= 11 is 0. The van der Waals surface area contributed by atoms with E-state index < -0.39 is 29.5 Å². The molecule has 4 aromatic rings. The van der Waals surface area contributed by atoms with E-state index in [-0.39, 0.29) is 6.54 Å². The van der Waals surface area contributed by atoms with Gasteiger partial charge in [0.05, 0.1) is 19.8 Å². The Morgan fingerprint density at radius 2 is 1.27 bits per heavy atom. The molecule has 0 spiro atoms. The van der Waals surface area contributed by atoms with Crippen LogP contribution in [-0.2, 0) is 28.6 Å². The molecule has 4 aromatic carbocycles. The number of anilines is 1. The maximum Gasteiger partial charge on any atom is 0.416 e. The molecule has 0 saturated carbocycles. The Morgan fingerprint density at radius 1 is 0.705 bits per heavy atom. The molecule has 0 saturated heterocycles. The topological polar surface area (TPSA) is 59.1 Å². The van der Waals surface area contributed by atoms with Crippen LogP contribution in [0.2, 0.25) is 0 Å². The Hall–Kier alpha value is -4.79. The normalized spacial score (nSPS) is 11.9. The molecule has 0 heterocycles. The minimum absolute atomic E-state index is 0.210. The van der Waals surface area contributed by atoms with E-state index in [0.717, 1.165) is 17.7 Å². The molecule has 0 N–H and O–H groups in total. The molecule has 0 aromatic heterocycles. The van der Waals surface area contributed by atoms with Crippen LogP contribution in [0.15, 0.2) is 103 Å². The third kappa shape index (κ3) is 7.98. The van der Waals surface area contributed by atoms with E-state index in [1.165, 1.54) is 31.3 Å². The first-order valence-corrected chi connectivity index (χ1v) is 14.2. The van der Waals surface area contributed by atoms with Crippen molar-refractivity contribution in [3.63, 3.8) is 0 Å². The molecule has 0 aliphatic carbocycles. The monoisotopic (exact) mass is 604 g/mol. The third-order valence-corrected chi connectivity index (χ3v) is 7.43. The minimum Gasteiger partial charge on any atom is -0.493 e. The molecule has 44 heavy (non-hydrogen) atoms. The second-order valence-corrected chi connectivity index (χ2v) is 10.3. The number of hydrogen-bond donors (Lipinski definition) is 0. The molecular formula is C35H35F3N2O4. The lowest BCUT2D eigenvalue weighted by Crippen LogP contribution is -2.44. The van der Waals surface area contributed by atoms with E-state index in [9.17, 15) is 22.8 Å². The number of amides is 2. The van der Waals surface area contributed by atoms with Crippen LogP contribution in [0.4, 0.5) is 18.9 Å². The zero-order valence-electron chi connectivity index (χ0n) is 24.9. The Kier molecular flexibility index (Phi) is 10.7. The van der Waals surface area contributed by atoms with Crippen molar-refractivity contribution < 1.29 is 32.2 Å². The van der Waals surface area contributed by atoms with Crippen LogP contribution in [0.3, 0.4) is 0 Å². The van der Waals surface area contributed by atoms with Crippen molar-refractivity contribution in [1.29, 1.82) is 0 Å². The first-order valence-electron chi connectivity index (χ1n) is 14.2. The first kappa shape index (κ1) is 32.1. The summed E-state index contributed by atoms with van der Waals surface area (Å²) in [7, 11) is 4.64. The molecule has 0 fully saturated rings. The summed E-state index contributed by atoms with van der Waals surface area (Å²) in [6.45, 7) is 0.505. The largest absolute Gasteiger partial charge is 0.493 e. The van der Waals surface area contributed by atoms with Gasteiger partial charge >= 0.3 is 6.18 Å². The molecule has 0 bridgehead atoms. The maximum absolute atomic E-state index is 14.5. The lowest BCUT2D eigenvalue weighted by molar-refractivity contribution is -0.138. The number of likely N-dealkylation sites (N-methyl/N-ethyl adjacent to an activating group) is 1. The van der Waals surface area contributed by atoms with Crippen molar-refractivity contribution in [2.45, 2.75) is 24.9 Å². The number of nitrogens with zero attached hydrogens (tertiary/aromatic N) is 2. The summed E-state index contributed by atoms with van der Waals surface area (Å²) in [4.78, 5) is 31.5. The van der Waals surface area contributed by atoms with Crippen LogP contribution < -0.4 is 14.4 Å². The van der Waals surface area contributed by atoms with Gasteiger partial charge in [0.2, 0.25) is 11.8 Å². The van der Waals surface area contributed by atoms with Crippen LogP contribution in [-0.4, -0.2) is 51.1 Å². The second-order valence-electron chi connectivity index (χ2n) is 10.3. The summed E-state index contributed by atoms with van der Waals surface area (Å²) in [6, 6.07) is 28.6. The van der Waals surface area contributed by atoms with Crippen LogP contribution in [0.5, 0.6) is 11.5 Å². The highest BCUT2D eigenvalue weighted by Gasteiger charge is 2.35. The van der Waals surface area contributed by atoms with E-state index in [0.29, 0.717) is 47.7 Å². The van der Waals surface area contributed by atoms with Gasteiger partial charge in [-0.3, -0.25) is 9.59 Å². The molecule has 6 nitrogen and oxygen atoms in total. The van der Waals surface area contributed by atoms with E-state index in [1.54, 1.807) is 54.4 Å². The zero-order valence-corrected chi connectivity index (χ0v) is 24.9. The van der Waals surface area contributed by atoms with Crippen LogP contribution in [0.1, 0.15) is 28.2 Å². The molecule has 2 amide bonds. The number of benzene rings is 4. The molecule has 0 aliphatic heterocycles. The van der Waals surface area contributed by atoms with Crippen LogP contribution >= 0.6 is 0 Å². The van der Waals surface area contributed by atoms with Crippen LogP contribution in [0, 0.1) is 0 Å². The van der Waals surface area contributed by atoms with Crippen molar-refractivity contribution in [2.75, 3.05) is 39.3 Å². The third-order valence-electron chi connectivity index (χ3n) is 7.43. The number of ether oxygens (including phenoxy) is 2. The molecule has 4 rings (SSSR count). The number of carbonyl (C=O) groups is 2. The molecule has 9 heteroatoms. The summed E-state index contributed by atoms with van der Waals surface area (Å²) in [5.41, 5.74) is 2.03. The Balaban J connectivity index is 1.63. The molecule has 230 valence electrons. The highest BCUT2D eigenvalue weighted by Crippen LogP contribution is 2.34. The standard InChI is InChI=1S/C35H35F3N2O4/c1-39(22-20-26-14-16-28(17-15-26)35(36,37)38)33(41)32(27-12-8-5-9-13-27)34(42)40(23-21-25-10-6-4-7-11-25)29-18-19-30(43-2)31(24-29)44-3/h4-19,24,32H,20-23H2,1-3H3. The zero-order chi connectivity index (χ0) is 31.7.